The first kappa shape index (κ1) is 18.6. The number of carbonyl (C=O) groups excluding carboxylic acids is 1. The van der Waals surface area contributed by atoms with E-state index in [1.54, 1.807) is 42.2 Å². The number of aromatic nitrogens is 1. The minimum Gasteiger partial charge on any atom is -0.457 e. The summed E-state index contributed by atoms with van der Waals surface area (Å²) in [5.74, 6) is 1.53. The zero-order chi connectivity index (χ0) is 19.1. The first-order valence-corrected chi connectivity index (χ1v) is 9.41. The third-order valence-corrected chi connectivity index (χ3v) is 4.41. The Morgan fingerprint density at radius 2 is 1.89 bits per heavy atom. The van der Waals surface area contributed by atoms with E-state index < -0.39 is 6.09 Å². The lowest BCUT2D eigenvalue weighted by Crippen LogP contribution is -2.14. The van der Waals surface area contributed by atoms with Gasteiger partial charge < -0.3 is 15.2 Å². The minimum atomic E-state index is -0.583. The molecule has 3 rings (SSSR count). The van der Waals surface area contributed by atoms with Crippen molar-refractivity contribution in [3.05, 3.63) is 72.4 Å². The van der Waals surface area contributed by atoms with Crippen LogP contribution in [0.15, 0.2) is 71.8 Å². The number of hydrogen-bond acceptors (Lipinski definition) is 6. The van der Waals surface area contributed by atoms with Crippen molar-refractivity contribution in [2.24, 2.45) is 0 Å². The lowest BCUT2D eigenvalue weighted by atomic mass is 10.2. The van der Waals surface area contributed by atoms with Crippen LogP contribution in [0, 0.1) is 0 Å². The molecule has 0 radical (unpaired) electrons. The molecule has 0 aliphatic heterocycles. The molecule has 3 N–H and O–H groups in total. The van der Waals surface area contributed by atoms with E-state index in [0.717, 1.165) is 10.5 Å². The molecule has 0 saturated carbocycles. The highest BCUT2D eigenvalue weighted by Gasteiger charge is 2.07. The average molecular weight is 381 g/mol. The van der Waals surface area contributed by atoms with Crippen LogP contribution in [0.25, 0.3) is 0 Å². The Hall–Kier alpha value is -3.19. The monoisotopic (exact) mass is 381 g/mol. The number of nitrogens with two attached hydrogens (primary N) is 1. The number of carbonyl (C=O) groups is 1. The molecule has 138 valence electrons. The van der Waals surface area contributed by atoms with Crippen LogP contribution in [-0.2, 0) is 11.3 Å². The Bertz CT molecular complexity index is 919. The van der Waals surface area contributed by atoms with Crippen molar-refractivity contribution in [1.29, 1.82) is 0 Å². The second-order valence-corrected chi connectivity index (χ2v) is 6.42. The Labute approximate surface area is 161 Å². The molecular weight excluding hydrogens is 362 g/mol. The van der Waals surface area contributed by atoms with Gasteiger partial charge in [0.05, 0.1) is 0 Å². The molecule has 1 heterocycles. The van der Waals surface area contributed by atoms with E-state index in [0.29, 0.717) is 23.0 Å². The molecular formula is C20H19N3O3S. The second kappa shape index (κ2) is 8.95. The van der Waals surface area contributed by atoms with Crippen molar-refractivity contribution in [3.8, 4) is 11.5 Å². The van der Waals surface area contributed by atoms with Gasteiger partial charge in [-0.3, -0.25) is 5.32 Å². The van der Waals surface area contributed by atoms with Gasteiger partial charge in [0, 0.05) is 22.8 Å². The molecule has 0 atom stereocenters. The van der Waals surface area contributed by atoms with Crippen molar-refractivity contribution in [1.82, 2.24) is 4.98 Å². The molecule has 0 spiro atoms. The number of nitrogens with zero attached hydrogens (tertiary/aromatic N) is 1. The maximum absolute atomic E-state index is 11.9. The van der Waals surface area contributed by atoms with Gasteiger partial charge in [0.1, 0.15) is 23.9 Å². The molecule has 1 aromatic heterocycles. The van der Waals surface area contributed by atoms with Gasteiger partial charge >= 0.3 is 6.09 Å². The second-order valence-electron chi connectivity index (χ2n) is 5.57. The molecule has 0 aliphatic rings. The zero-order valence-corrected chi connectivity index (χ0v) is 15.5. The van der Waals surface area contributed by atoms with E-state index in [9.17, 15) is 4.79 Å². The zero-order valence-electron chi connectivity index (χ0n) is 14.7. The van der Waals surface area contributed by atoms with E-state index in [-0.39, 0.29) is 6.61 Å². The standard InChI is InChI=1S/C20H19N3O3S/c1-27-18-11-15(7-8-17(18)21)26-16-9-10-22-19(12-16)23-20(24)25-13-14-5-3-2-4-6-14/h2-12H,13,21H2,1H3,(H,22,23,24). The van der Waals surface area contributed by atoms with Crippen LogP contribution in [0.3, 0.4) is 0 Å². The average Bonchev–Trinajstić information content (AvgIpc) is 2.69. The molecule has 0 fully saturated rings. The van der Waals surface area contributed by atoms with Crippen LogP contribution in [0.5, 0.6) is 11.5 Å². The molecule has 0 bridgehead atoms. The number of anilines is 2. The van der Waals surface area contributed by atoms with E-state index in [2.05, 4.69) is 10.3 Å². The Kier molecular flexibility index (Phi) is 6.17. The van der Waals surface area contributed by atoms with Gasteiger partial charge in [-0.2, -0.15) is 0 Å². The normalized spacial score (nSPS) is 10.3. The van der Waals surface area contributed by atoms with Gasteiger partial charge in [-0.15, -0.1) is 11.8 Å². The number of hydrogen-bond donors (Lipinski definition) is 2. The van der Waals surface area contributed by atoms with Crippen molar-refractivity contribution >= 4 is 29.4 Å². The molecule has 27 heavy (non-hydrogen) atoms. The highest BCUT2D eigenvalue weighted by atomic mass is 32.2. The number of amides is 1. The maximum atomic E-state index is 11.9. The number of nitrogen functional groups attached to an aromatic ring is 1. The highest BCUT2D eigenvalue weighted by molar-refractivity contribution is 7.98. The summed E-state index contributed by atoms with van der Waals surface area (Å²) < 4.78 is 11.0. The summed E-state index contributed by atoms with van der Waals surface area (Å²) in [6.45, 7) is 0.186. The lowest BCUT2D eigenvalue weighted by Gasteiger charge is -2.10. The van der Waals surface area contributed by atoms with Crippen LogP contribution >= 0.6 is 11.8 Å². The number of pyridine rings is 1. The topological polar surface area (TPSA) is 86.5 Å². The predicted molar refractivity (Wildman–Crippen MR) is 107 cm³/mol. The number of ether oxygens (including phenoxy) is 2. The summed E-state index contributed by atoms with van der Waals surface area (Å²) in [6.07, 6.45) is 2.92. The van der Waals surface area contributed by atoms with Crippen LogP contribution in [0.1, 0.15) is 5.56 Å². The summed E-state index contributed by atoms with van der Waals surface area (Å²) >= 11 is 1.54. The quantitative estimate of drug-likeness (QED) is 0.465. The molecule has 0 unspecified atom stereocenters. The molecule has 1 amide bonds. The SMILES string of the molecule is CSc1cc(Oc2ccnc(NC(=O)OCc3ccccc3)c2)ccc1N. The van der Waals surface area contributed by atoms with Crippen LogP contribution in [0.4, 0.5) is 16.3 Å². The van der Waals surface area contributed by atoms with Gasteiger partial charge in [-0.05, 0) is 36.1 Å². The third kappa shape index (κ3) is 5.39. The molecule has 3 aromatic rings. The molecule has 6 nitrogen and oxygen atoms in total. The first-order chi connectivity index (χ1) is 13.1. The third-order valence-electron chi connectivity index (χ3n) is 3.61. The number of thioether (sulfide) groups is 1. The number of benzene rings is 2. The molecule has 2 aromatic carbocycles. The minimum absolute atomic E-state index is 0.186. The van der Waals surface area contributed by atoms with Crippen LogP contribution in [0.2, 0.25) is 0 Å². The van der Waals surface area contributed by atoms with Gasteiger partial charge in [0.2, 0.25) is 0 Å². The first-order valence-electron chi connectivity index (χ1n) is 8.19. The van der Waals surface area contributed by atoms with Gasteiger partial charge in [-0.25, -0.2) is 9.78 Å². The fourth-order valence-corrected chi connectivity index (χ4v) is 2.84. The largest absolute Gasteiger partial charge is 0.457 e. The van der Waals surface area contributed by atoms with Crippen LogP contribution in [-0.4, -0.2) is 17.3 Å². The number of nitrogens with one attached hydrogen (secondary N) is 1. The summed E-state index contributed by atoms with van der Waals surface area (Å²) in [4.78, 5) is 17.0. The summed E-state index contributed by atoms with van der Waals surface area (Å²) in [5, 5.41) is 2.59. The van der Waals surface area contributed by atoms with Crippen LogP contribution < -0.4 is 15.8 Å². The maximum Gasteiger partial charge on any atom is 0.413 e. The van der Waals surface area contributed by atoms with Crippen molar-refractivity contribution < 1.29 is 14.3 Å². The summed E-state index contributed by atoms with van der Waals surface area (Å²) in [7, 11) is 0. The Morgan fingerprint density at radius 3 is 2.67 bits per heavy atom. The van der Waals surface area contributed by atoms with E-state index >= 15 is 0 Å². The van der Waals surface area contributed by atoms with Crippen molar-refractivity contribution in [2.45, 2.75) is 11.5 Å². The summed E-state index contributed by atoms with van der Waals surface area (Å²) in [6, 6.07) is 18.2. The lowest BCUT2D eigenvalue weighted by molar-refractivity contribution is 0.155. The van der Waals surface area contributed by atoms with Crippen molar-refractivity contribution in [3.63, 3.8) is 0 Å². The van der Waals surface area contributed by atoms with E-state index in [1.165, 1.54) is 0 Å². The predicted octanol–water partition coefficient (Wildman–Crippen LogP) is 4.93. The van der Waals surface area contributed by atoms with E-state index in [4.69, 9.17) is 15.2 Å². The highest BCUT2D eigenvalue weighted by Crippen LogP contribution is 2.30. The smallest absolute Gasteiger partial charge is 0.413 e. The Morgan fingerprint density at radius 1 is 1.11 bits per heavy atom. The fraction of sp³-hybridized carbons (Fsp3) is 0.100. The summed E-state index contributed by atoms with van der Waals surface area (Å²) in [5.41, 5.74) is 7.50. The fourth-order valence-electron chi connectivity index (χ4n) is 2.30. The molecule has 0 aliphatic carbocycles. The van der Waals surface area contributed by atoms with Gasteiger partial charge in [0.15, 0.2) is 0 Å². The van der Waals surface area contributed by atoms with Gasteiger partial charge in [-0.1, -0.05) is 30.3 Å². The van der Waals surface area contributed by atoms with Crippen molar-refractivity contribution in [2.75, 3.05) is 17.3 Å². The van der Waals surface area contributed by atoms with E-state index in [1.807, 2.05) is 42.7 Å². The van der Waals surface area contributed by atoms with Gasteiger partial charge in [0.25, 0.3) is 0 Å². The number of rotatable bonds is 6. The molecule has 0 saturated heterocycles. The molecule has 7 heteroatoms. The Balaban J connectivity index is 1.60.